The monoisotopic (exact) mass is 225 g/mol. The molecule has 16 heavy (non-hydrogen) atoms. The fraction of sp³-hybridized carbons (Fsp3) is 0.364. The number of aromatic amines is 1. The molecule has 5 heteroatoms. The van der Waals surface area contributed by atoms with Crippen LogP contribution in [-0.4, -0.2) is 16.0 Å². The van der Waals surface area contributed by atoms with Crippen molar-refractivity contribution < 1.29 is 8.78 Å². The van der Waals surface area contributed by atoms with Crippen molar-refractivity contribution in [1.82, 2.24) is 9.97 Å². The van der Waals surface area contributed by atoms with Gasteiger partial charge in [0.2, 0.25) is 0 Å². The SMILES string of the molecule is CC(N)C(C)c1nc2cc(F)c(F)cc2[nH]1. The molecule has 0 spiro atoms. The number of nitrogens with zero attached hydrogens (tertiary/aromatic N) is 1. The van der Waals surface area contributed by atoms with Gasteiger partial charge in [-0.2, -0.15) is 0 Å². The normalized spacial score (nSPS) is 15.3. The second-order valence-corrected chi connectivity index (χ2v) is 4.05. The third kappa shape index (κ3) is 1.78. The lowest BCUT2D eigenvalue weighted by atomic mass is 10.0. The Labute approximate surface area is 91.7 Å². The minimum absolute atomic E-state index is 0.0125. The Kier molecular flexibility index (Phi) is 2.63. The standard InChI is InChI=1S/C11H13F2N3/c1-5(6(2)14)11-15-9-3-7(12)8(13)4-10(9)16-11/h3-6H,14H2,1-2H3,(H,15,16). The summed E-state index contributed by atoms with van der Waals surface area (Å²) in [6.45, 7) is 3.77. The van der Waals surface area contributed by atoms with E-state index in [1.807, 2.05) is 13.8 Å². The number of rotatable bonds is 2. The summed E-state index contributed by atoms with van der Waals surface area (Å²) in [5, 5.41) is 0. The molecule has 1 aromatic heterocycles. The molecule has 0 saturated carbocycles. The van der Waals surface area contributed by atoms with Crippen molar-refractivity contribution in [2.45, 2.75) is 25.8 Å². The maximum atomic E-state index is 13.0. The molecule has 2 atom stereocenters. The summed E-state index contributed by atoms with van der Waals surface area (Å²) in [7, 11) is 0. The Morgan fingerprint density at radius 1 is 1.25 bits per heavy atom. The van der Waals surface area contributed by atoms with Crippen LogP contribution in [0.1, 0.15) is 25.6 Å². The van der Waals surface area contributed by atoms with Crippen molar-refractivity contribution in [3.63, 3.8) is 0 Å². The van der Waals surface area contributed by atoms with Crippen LogP contribution < -0.4 is 5.73 Å². The molecule has 0 aliphatic rings. The van der Waals surface area contributed by atoms with Gasteiger partial charge in [-0.3, -0.25) is 0 Å². The number of halogens is 2. The molecular weight excluding hydrogens is 212 g/mol. The first kappa shape index (κ1) is 11.0. The molecule has 86 valence electrons. The first-order valence-corrected chi connectivity index (χ1v) is 5.09. The zero-order valence-corrected chi connectivity index (χ0v) is 9.09. The highest BCUT2D eigenvalue weighted by Gasteiger charge is 2.15. The fourth-order valence-corrected chi connectivity index (χ4v) is 1.49. The Morgan fingerprint density at radius 2 is 1.88 bits per heavy atom. The van der Waals surface area contributed by atoms with E-state index >= 15 is 0 Å². The Hall–Kier alpha value is -1.49. The molecule has 0 saturated heterocycles. The van der Waals surface area contributed by atoms with Crippen LogP contribution in [0, 0.1) is 11.6 Å². The van der Waals surface area contributed by atoms with Crippen molar-refractivity contribution in [3.05, 3.63) is 29.6 Å². The third-order valence-corrected chi connectivity index (χ3v) is 2.76. The van der Waals surface area contributed by atoms with Gasteiger partial charge in [0.15, 0.2) is 11.6 Å². The molecule has 0 aliphatic heterocycles. The number of hydrogen-bond acceptors (Lipinski definition) is 2. The van der Waals surface area contributed by atoms with Gasteiger partial charge in [0.25, 0.3) is 0 Å². The average Bonchev–Trinajstić information content (AvgIpc) is 2.60. The van der Waals surface area contributed by atoms with E-state index in [-0.39, 0.29) is 12.0 Å². The first-order chi connectivity index (χ1) is 7.49. The Balaban J connectivity index is 2.52. The molecule has 2 aromatic rings. The highest BCUT2D eigenvalue weighted by molar-refractivity contribution is 5.75. The largest absolute Gasteiger partial charge is 0.342 e. The summed E-state index contributed by atoms with van der Waals surface area (Å²) in [5.41, 5.74) is 6.65. The van der Waals surface area contributed by atoms with Crippen molar-refractivity contribution >= 4 is 11.0 Å². The summed E-state index contributed by atoms with van der Waals surface area (Å²) in [6, 6.07) is 2.11. The highest BCUT2D eigenvalue weighted by atomic mass is 19.2. The van der Waals surface area contributed by atoms with E-state index in [0.29, 0.717) is 16.9 Å². The molecule has 0 fully saturated rings. The lowest BCUT2D eigenvalue weighted by Crippen LogP contribution is -2.23. The van der Waals surface area contributed by atoms with Gasteiger partial charge in [0, 0.05) is 24.1 Å². The van der Waals surface area contributed by atoms with Crippen molar-refractivity contribution in [3.8, 4) is 0 Å². The molecular formula is C11H13F2N3. The van der Waals surface area contributed by atoms with Crippen LogP contribution in [0.15, 0.2) is 12.1 Å². The van der Waals surface area contributed by atoms with Crippen molar-refractivity contribution in [2.24, 2.45) is 5.73 Å². The van der Waals surface area contributed by atoms with E-state index in [0.717, 1.165) is 12.1 Å². The van der Waals surface area contributed by atoms with E-state index in [4.69, 9.17) is 5.73 Å². The number of nitrogens with two attached hydrogens (primary N) is 1. The smallest absolute Gasteiger partial charge is 0.161 e. The number of imidazole rings is 1. The molecule has 1 heterocycles. The summed E-state index contributed by atoms with van der Waals surface area (Å²) in [6.07, 6.45) is 0. The Bertz CT molecular complexity index is 480. The molecule has 2 rings (SSSR count). The first-order valence-electron chi connectivity index (χ1n) is 5.09. The van der Waals surface area contributed by atoms with Gasteiger partial charge in [-0.15, -0.1) is 0 Å². The second-order valence-electron chi connectivity index (χ2n) is 4.05. The van der Waals surface area contributed by atoms with Gasteiger partial charge >= 0.3 is 0 Å². The van der Waals surface area contributed by atoms with Crippen LogP contribution in [0.3, 0.4) is 0 Å². The van der Waals surface area contributed by atoms with Crippen molar-refractivity contribution in [2.75, 3.05) is 0 Å². The maximum absolute atomic E-state index is 13.0. The predicted octanol–water partition coefficient (Wildman–Crippen LogP) is 2.29. The van der Waals surface area contributed by atoms with Gasteiger partial charge in [-0.25, -0.2) is 13.8 Å². The number of hydrogen-bond donors (Lipinski definition) is 2. The maximum Gasteiger partial charge on any atom is 0.161 e. The van der Waals surface area contributed by atoms with Gasteiger partial charge in [-0.1, -0.05) is 6.92 Å². The lowest BCUT2D eigenvalue weighted by molar-refractivity contribution is 0.510. The molecule has 2 unspecified atom stereocenters. The molecule has 0 radical (unpaired) electrons. The minimum Gasteiger partial charge on any atom is -0.342 e. The summed E-state index contributed by atoms with van der Waals surface area (Å²) >= 11 is 0. The zero-order valence-electron chi connectivity index (χ0n) is 9.09. The van der Waals surface area contributed by atoms with Crippen molar-refractivity contribution in [1.29, 1.82) is 0 Å². The topological polar surface area (TPSA) is 54.7 Å². The minimum atomic E-state index is -0.890. The fourth-order valence-electron chi connectivity index (χ4n) is 1.49. The van der Waals surface area contributed by atoms with Gasteiger partial charge in [-0.05, 0) is 6.92 Å². The van der Waals surface area contributed by atoms with Gasteiger partial charge in [0.05, 0.1) is 11.0 Å². The molecule has 3 N–H and O–H groups in total. The molecule has 1 aromatic carbocycles. The molecule has 3 nitrogen and oxygen atoms in total. The summed E-state index contributed by atoms with van der Waals surface area (Å²) < 4.78 is 25.9. The van der Waals surface area contributed by atoms with Crippen LogP contribution >= 0.6 is 0 Å². The zero-order chi connectivity index (χ0) is 11.9. The predicted molar refractivity (Wildman–Crippen MR) is 58.1 cm³/mol. The third-order valence-electron chi connectivity index (χ3n) is 2.76. The Morgan fingerprint density at radius 3 is 2.50 bits per heavy atom. The molecule has 0 amide bonds. The molecule has 0 bridgehead atoms. The van der Waals surface area contributed by atoms with E-state index in [1.165, 1.54) is 0 Å². The van der Waals surface area contributed by atoms with E-state index < -0.39 is 11.6 Å². The van der Waals surface area contributed by atoms with E-state index in [2.05, 4.69) is 9.97 Å². The number of aromatic nitrogens is 2. The van der Waals surface area contributed by atoms with Crippen LogP contribution in [0.2, 0.25) is 0 Å². The van der Waals surface area contributed by atoms with Crippen LogP contribution in [0.4, 0.5) is 8.78 Å². The van der Waals surface area contributed by atoms with E-state index in [1.54, 1.807) is 0 Å². The van der Waals surface area contributed by atoms with Gasteiger partial charge in [0.1, 0.15) is 5.82 Å². The van der Waals surface area contributed by atoms with E-state index in [9.17, 15) is 8.78 Å². The number of nitrogens with one attached hydrogen (secondary N) is 1. The highest BCUT2D eigenvalue weighted by Crippen LogP contribution is 2.21. The van der Waals surface area contributed by atoms with Crippen LogP contribution in [-0.2, 0) is 0 Å². The number of benzene rings is 1. The van der Waals surface area contributed by atoms with Crippen LogP contribution in [0.5, 0.6) is 0 Å². The summed E-state index contributed by atoms with van der Waals surface area (Å²) in [4.78, 5) is 7.14. The summed E-state index contributed by atoms with van der Waals surface area (Å²) in [5.74, 6) is -1.11. The van der Waals surface area contributed by atoms with Crippen LogP contribution in [0.25, 0.3) is 11.0 Å². The van der Waals surface area contributed by atoms with Gasteiger partial charge < -0.3 is 10.7 Å². The quantitative estimate of drug-likeness (QED) is 0.823. The number of H-pyrrole nitrogens is 1. The second kappa shape index (κ2) is 3.83. The number of fused-ring (bicyclic) bond motifs is 1. The average molecular weight is 225 g/mol. The lowest BCUT2D eigenvalue weighted by Gasteiger charge is -2.11. The molecule has 0 aliphatic carbocycles.